The zero-order valence-electron chi connectivity index (χ0n) is 8.65. The van der Waals surface area contributed by atoms with Crippen molar-refractivity contribution in [1.29, 1.82) is 0 Å². The van der Waals surface area contributed by atoms with Crippen molar-refractivity contribution in [2.75, 3.05) is 12.8 Å². The highest BCUT2D eigenvalue weighted by atomic mass is 35.5. The van der Waals surface area contributed by atoms with E-state index in [-0.39, 0.29) is 24.4 Å². The van der Waals surface area contributed by atoms with E-state index in [9.17, 15) is 4.79 Å². The van der Waals surface area contributed by atoms with Crippen LogP contribution in [-0.4, -0.2) is 24.7 Å². The molecule has 15 heavy (non-hydrogen) atoms. The van der Waals surface area contributed by atoms with Gasteiger partial charge >= 0.3 is 0 Å². The number of halogens is 1. The second-order valence-electron chi connectivity index (χ2n) is 2.93. The second kappa shape index (κ2) is 6.76. The van der Waals surface area contributed by atoms with Crippen molar-refractivity contribution in [3.05, 3.63) is 17.9 Å². The summed E-state index contributed by atoms with van der Waals surface area (Å²) in [5.41, 5.74) is 5.38. The lowest BCUT2D eigenvalue weighted by Gasteiger charge is -2.08. The monoisotopic (exact) mass is 250 g/mol. The SMILES string of the molecule is CSc1ccc(C(=O)N[C@@H](C)CN)o1.Cl. The maximum Gasteiger partial charge on any atom is 0.287 e. The van der Waals surface area contributed by atoms with Crippen LogP contribution in [0.2, 0.25) is 0 Å². The molecule has 0 aromatic carbocycles. The summed E-state index contributed by atoms with van der Waals surface area (Å²) in [6, 6.07) is 3.39. The van der Waals surface area contributed by atoms with Gasteiger partial charge in [0.2, 0.25) is 0 Å². The number of amides is 1. The maximum absolute atomic E-state index is 11.5. The first-order valence-corrected chi connectivity index (χ1v) is 5.54. The summed E-state index contributed by atoms with van der Waals surface area (Å²) in [6.45, 7) is 2.26. The molecule has 1 aromatic heterocycles. The molecule has 0 unspecified atom stereocenters. The molecule has 1 atom stereocenters. The first-order valence-electron chi connectivity index (χ1n) is 4.32. The van der Waals surface area contributed by atoms with Crippen LogP contribution in [0, 0.1) is 0 Å². The minimum atomic E-state index is -0.219. The number of hydrogen-bond donors (Lipinski definition) is 2. The van der Waals surface area contributed by atoms with E-state index < -0.39 is 0 Å². The summed E-state index contributed by atoms with van der Waals surface area (Å²) in [5, 5.41) is 3.45. The molecule has 0 saturated carbocycles. The van der Waals surface area contributed by atoms with Crippen LogP contribution in [0.15, 0.2) is 21.6 Å². The predicted octanol–water partition coefficient (Wildman–Crippen LogP) is 1.50. The molecule has 0 aliphatic heterocycles. The van der Waals surface area contributed by atoms with Gasteiger partial charge in [0.25, 0.3) is 5.91 Å². The fourth-order valence-corrected chi connectivity index (χ4v) is 1.28. The summed E-state index contributed by atoms with van der Waals surface area (Å²) in [6.07, 6.45) is 1.89. The van der Waals surface area contributed by atoms with Gasteiger partial charge in [0.1, 0.15) is 0 Å². The molecule has 0 aliphatic carbocycles. The maximum atomic E-state index is 11.5. The van der Waals surface area contributed by atoms with Crippen molar-refractivity contribution >= 4 is 30.1 Å². The number of carbonyl (C=O) groups is 1. The van der Waals surface area contributed by atoms with E-state index >= 15 is 0 Å². The summed E-state index contributed by atoms with van der Waals surface area (Å²) in [5.74, 6) is 0.109. The average Bonchev–Trinajstić information content (AvgIpc) is 2.65. The van der Waals surface area contributed by atoms with Gasteiger partial charge in [-0.2, -0.15) is 0 Å². The fraction of sp³-hybridized carbons (Fsp3) is 0.444. The molecule has 0 saturated heterocycles. The third kappa shape index (κ3) is 4.15. The summed E-state index contributed by atoms with van der Waals surface area (Å²) in [4.78, 5) is 11.5. The van der Waals surface area contributed by atoms with Crippen LogP contribution in [0.4, 0.5) is 0 Å². The Balaban J connectivity index is 0.00000196. The van der Waals surface area contributed by atoms with E-state index in [1.54, 1.807) is 12.1 Å². The van der Waals surface area contributed by atoms with Crippen LogP contribution in [0.3, 0.4) is 0 Å². The molecule has 4 nitrogen and oxygen atoms in total. The molecule has 0 radical (unpaired) electrons. The Bertz CT molecular complexity index is 317. The van der Waals surface area contributed by atoms with Crippen molar-refractivity contribution in [2.45, 2.75) is 18.1 Å². The lowest BCUT2D eigenvalue weighted by Crippen LogP contribution is -2.37. The van der Waals surface area contributed by atoms with Gasteiger partial charge < -0.3 is 15.5 Å². The molecular weight excluding hydrogens is 236 g/mol. The Labute approximate surface area is 99.4 Å². The number of nitrogens with one attached hydrogen (secondary N) is 1. The highest BCUT2D eigenvalue weighted by molar-refractivity contribution is 7.98. The van der Waals surface area contributed by atoms with Crippen LogP contribution in [0.1, 0.15) is 17.5 Å². The number of furan rings is 1. The minimum Gasteiger partial charge on any atom is -0.445 e. The molecule has 86 valence electrons. The van der Waals surface area contributed by atoms with Crippen LogP contribution >= 0.6 is 24.2 Å². The minimum absolute atomic E-state index is 0. The molecule has 0 bridgehead atoms. The molecule has 1 rings (SSSR count). The van der Waals surface area contributed by atoms with Gasteiger partial charge in [0, 0.05) is 12.6 Å². The second-order valence-corrected chi connectivity index (χ2v) is 3.74. The Hall–Kier alpha value is -0.650. The van der Waals surface area contributed by atoms with Crippen LogP contribution in [0.25, 0.3) is 0 Å². The third-order valence-corrected chi connectivity index (χ3v) is 2.36. The molecule has 0 fully saturated rings. The number of rotatable bonds is 4. The van der Waals surface area contributed by atoms with Gasteiger partial charge in [-0.15, -0.1) is 12.4 Å². The average molecular weight is 251 g/mol. The molecular formula is C9H15ClN2O2S. The lowest BCUT2D eigenvalue weighted by atomic mass is 10.3. The van der Waals surface area contributed by atoms with E-state index in [4.69, 9.17) is 10.2 Å². The van der Waals surface area contributed by atoms with Gasteiger partial charge in [-0.25, -0.2) is 0 Å². The Morgan fingerprint density at radius 3 is 2.80 bits per heavy atom. The molecule has 1 aromatic rings. The number of thioether (sulfide) groups is 1. The first kappa shape index (κ1) is 14.3. The summed E-state index contributed by atoms with van der Waals surface area (Å²) < 4.78 is 5.25. The first-order chi connectivity index (χ1) is 6.67. The lowest BCUT2D eigenvalue weighted by molar-refractivity contribution is 0.0908. The number of hydrogen-bond acceptors (Lipinski definition) is 4. The summed E-state index contributed by atoms with van der Waals surface area (Å²) in [7, 11) is 0. The molecule has 1 amide bonds. The van der Waals surface area contributed by atoms with Crippen molar-refractivity contribution < 1.29 is 9.21 Å². The van der Waals surface area contributed by atoms with Gasteiger partial charge in [-0.1, -0.05) is 11.8 Å². The number of carbonyl (C=O) groups excluding carboxylic acids is 1. The summed E-state index contributed by atoms with van der Waals surface area (Å²) >= 11 is 1.46. The Morgan fingerprint density at radius 1 is 1.67 bits per heavy atom. The normalized spacial score (nSPS) is 11.7. The number of nitrogens with two attached hydrogens (primary N) is 1. The highest BCUT2D eigenvalue weighted by Crippen LogP contribution is 2.17. The molecule has 6 heteroatoms. The van der Waals surface area contributed by atoms with E-state index in [0.29, 0.717) is 12.3 Å². The van der Waals surface area contributed by atoms with Gasteiger partial charge in [0.05, 0.1) is 0 Å². The van der Waals surface area contributed by atoms with Crippen LogP contribution < -0.4 is 11.1 Å². The predicted molar refractivity (Wildman–Crippen MR) is 63.7 cm³/mol. The Morgan fingerprint density at radius 2 is 2.33 bits per heavy atom. The van der Waals surface area contributed by atoms with Crippen molar-refractivity contribution in [3.8, 4) is 0 Å². The van der Waals surface area contributed by atoms with Gasteiger partial charge in [0.15, 0.2) is 10.9 Å². The van der Waals surface area contributed by atoms with Crippen molar-refractivity contribution in [1.82, 2.24) is 5.32 Å². The zero-order chi connectivity index (χ0) is 10.6. The Kier molecular flexibility index (Phi) is 6.47. The standard InChI is InChI=1S/C9H14N2O2S.ClH/c1-6(5-10)11-9(12)7-3-4-8(13-7)14-2;/h3-4,6H,5,10H2,1-2H3,(H,11,12);1H/t6-;/m0./s1. The quantitative estimate of drug-likeness (QED) is 0.795. The highest BCUT2D eigenvalue weighted by Gasteiger charge is 2.12. The molecule has 0 aliphatic rings. The van der Waals surface area contributed by atoms with E-state index in [2.05, 4.69) is 5.32 Å². The van der Waals surface area contributed by atoms with E-state index in [1.807, 2.05) is 13.2 Å². The van der Waals surface area contributed by atoms with Crippen LogP contribution in [0.5, 0.6) is 0 Å². The van der Waals surface area contributed by atoms with Crippen molar-refractivity contribution in [2.24, 2.45) is 5.73 Å². The largest absolute Gasteiger partial charge is 0.445 e. The third-order valence-electron chi connectivity index (χ3n) is 1.74. The molecule has 0 spiro atoms. The zero-order valence-corrected chi connectivity index (χ0v) is 10.3. The van der Waals surface area contributed by atoms with Crippen molar-refractivity contribution in [3.63, 3.8) is 0 Å². The van der Waals surface area contributed by atoms with Gasteiger partial charge in [-0.3, -0.25) is 4.79 Å². The molecule has 1 heterocycles. The van der Waals surface area contributed by atoms with E-state index in [1.165, 1.54) is 11.8 Å². The smallest absolute Gasteiger partial charge is 0.287 e. The molecule has 3 N–H and O–H groups in total. The fourth-order valence-electron chi connectivity index (χ4n) is 0.906. The van der Waals surface area contributed by atoms with Crippen LogP contribution in [-0.2, 0) is 0 Å². The topological polar surface area (TPSA) is 68.3 Å². The van der Waals surface area contributed by atoms with Gasteiger partial charge in [-0.05, 0) is 25.3 Å². The van der Waals surface area contributed by atoms with E-state index in [0.717, 1.165) is 5.09 Å².